The highest BCUT2D eigenvalue weighted by Gasteiger charge is 2.14. The molecule has 0 radical (unpaired) electrons. The average Bonchev–Trinajstić information content (AvgIpc) is 2.66. The Balaban J connectivity index is 2.44. The van der Waals surface area contributed by atoms with Gasteiger partial charge < -0.3 is 4.74 Å². The Labute approximate surface area is 155 Å². The Morgan fingerprint density at radius 1 is 1.12 bits per heavy atom. The first-order chi connectivity index (χ1) is 13.1. The van der Waals surface area contributed by atoms with Crippen molar-refractivity contribution in [3.05, 3.63) is 29.0 Å². The zero-order valence-electron chi connectivity index (χ0n) is 17.7. The number of carbonyl (C=O) groups is 1. The molecule has 138 valence electrons. The molecule has 0 spiro atoms. The van der Waals surface area contributed by atoms with Crippen molar-refractivity contribution in [1.82, 2.24) is 4.98 Å². The van der Waals surface area contributed by atoms with Crippen LogP contribution in [-0.4, -0.2) is 18.1 Å². The van der Waals surface area contributed by atoms with E-state index in [-0.39, 0.29) is 23.5 Å². The van der Waals surface area contributed by atoms with Crippen molar-refractivity contribution in [2.45, 2.75) is 84.0 Å². The second-order valence-electron chi connectivity index (χ2n) is 6.44. The van der Waals surface area contributed by atoms with Gasteiger partial charge >= 0.3 is 5.97 Å². The number of nitriles is 1. The SMILES string of the molecule is [2H]c1nc(C(=O)OC)c(CCCCCCCCCCCCC)c([2H])c1C#N. The smallest absolute Gasteiger partial charge is 0.356 e. The van der Waals surface area contributed by atoms with Crippen LogP contribution in [0.3, 0.4) is 0 Å². The molecule has 0 aliphatic carbocycles. The monoisotopic (exact) mass is 346 g/mol. The van der Waals surface area contributed by atoms with Gasteiger partial charge in [-0.25, -0.2) is 9.78 Å². The Morgan fingerprint density at radius 3 is 2.20 bits per heavy atom. The van der Waals surface area contributed by atoms with E-state index in [1.807, 2.05) is 6.07 Å². The number of methoxy groups -OCH3 is 1. The minimum Gasteiger partial charge on any atom is -0.464 e. The van der Waals surface area contributed by atoms with E-state index in [1.165, 1.54) is 58.5 Å². The Kier molecular flexibility index (Phi) is 9.61. The van der Waals surface area contributed by atoms with Crippen LogP contribution in [0, 0.1) is 11.3 Å². The second kappa shape index (κ2) is 13.4. The molecule has 0 fully saturated rings. The molecule has 0 aliphatic rings. The number of unbranched alkanes of at least 4 members (excludes halogenated alkanes) is 10. The normalized spacial score (nSPS) is 11.6. The summed E-state index contributed by atoms with van der Waals surface area (Å²) in [5, 5.41) is 9.12. The third-order valence-corrected chi connectivity index (χ3v) is 4.36. The predicted molar refractivity (Wildman–Crippen MR) is 100 cm³/mol. The number of carbonyl (C=O) groups excluding carboxylic acids is 1. The fourth-order valence-electron chi connectivity index (χ4n) is 2.88. The summed E-state index contributed by atoms with van der Waals surface area (Å²) in [5.41, 5.74) is 0.338. The highest BCUT2D eigenvalue weighted by molar-refractivity contribution is 5.88. The van der Waals surface area contributed by atoms with Crippen LogP contribution in [0.4, 0.5) is 0 Å². The maximum atomic E-state index is 11.9. The lowest BCUT2D eigenvalue weighted by Gasteiger charge is -2.07. The van der Waals surface area contributed by atoms with Crippen LogP contribution < -0.4 is 0 Å². The molecular weight excluding hydrogens is 312 g/mol. The molecule has 0 unspecified atom stereocenters. The van der Waals surface area contributed by atoms with Crippen molar-refractivity contribution in [3.8, 4) is 6.07 Å². The van der Waals surface area contributed by atoms with E-state index >= 15 is 0 Å². The molecule has 1 aromatic heterocycles. The second-order valence-corrected chi connectivity index (χ2v) is 6.44. The van der Waals surface area contributed by atoms with Gasteiger partial charge in [0, 0.05) is 6.17 Å². The number of esters is 1. The van der Waals surface area contributed by atoms with Gasteiger partial charge in [-0.3, -0.25) is 0 Å². The van der Waals surface area contributed by atoms with Crippen molar-refractivity contribution < 1.29 is 12.3 Å². The lowest BCUT2D eigenvalue weighted by Crippen LogP contribution is -2.09. The summed E-state index contributed by atoms with van der Waals surface area (Å²) in [4.78, 5) is 15.8. The van der Waals surface area contributed by atoms with Crippen LogP contribution in [0.15, 0.2) is 12.2 Å². The summed E-state index contributed by atoms with van der Waals surface area (Å²) in [5.74, 6) is -0.653. The van der Waals surface area contributed by atoms with E-state index in [9.17, 15) is 4.79 Å². The number of pyridine rings is 1. The first kappa shape index (κ1) is 17.9. The topological polar surface area (TPSA) is 63.0 Å². The number of hydrogen-bond donors (Lipinski definition) is 0. The van der Waals surface area contributed by atoms with Crippen LogP contribution in [0.5, 0.6) is 0 Å². The van der Waals surface area contributed by atoms with Gasteiger partial charge in [-0.1, -0.05) is 71.1 Å². The number of hydrogen-bond acceptors (Lipinski definition) is 4. The zero-order valence-corrected chi connectivity index (χ0v) is 15.7. The van der Waals surface area contributed by atoms with Gasteiger partial charge in [0.2, 0.25) is 0 Å². The van der Waals surface area contributed by atoms with Gasteiger partial charge in [-0.2, -0.15) is 5.26 Å². The van der Waals surface area contributed by atoms with Crippen molar-refractivity contribution in [3.63, 3.8) is 0 Å². The summed E-state index contributed by atoms with van der Waals surface area (Å²) in [6, 6.07) is 1.78. The van der Waals surface area contributed by atoms with Gasteiger partial charge in [0.1, 0.15) is 6.07 Å². The van der Waals surface area contributed by atoms with Gasteiger partial charge in [0.05, 0.1) is 15.4 Å². The molecule has 0 atom stereocenters. The van der Waals surface area contributed by atoms with Crippen LogP contribution in [0.25, 0.3) is 0 Å². The van der Waals surface area contributed by atoms with Crippen LogP contribution in [0.2, 0.25) is 0 Å². The van der Waals surface area contributed by atoms with Crippen molar-refractivity contribution in [1.29, 1.82) is 5.26 Å². The molecule has 0 saturated heterocycles. The molecule has 0 aliphatic heterocycles. The van der Waals surface area contributed by atoms with Gasteiger partial charge in [-0.15, -0.1) is 0 Å². The van der Waals surface area contributed by atoms with Crippen LogP contribution in [0.1, 0.15) is 102 Å². The van der Waals surface area contributed by atoms with E-state index < -0.39 is 5.97 Å². The summed E-state index contributed by atoms with van der Waals surface area (Å²) in [7, 11) is 1.25. The first-order valence-corrected chi connectivity index (χ1v) is 9.55. The summed E-state index contributed by atoms with van der Waals surface area (Å²) < 4.78 is 20.6. The van der Waals surface area contributed by atoms with E-state index in [1.54, 1.807) is 0 Å². The highest BCUT2D eigenvalue weighted by atomic mass is 16.5. The van der Waals surface area contributed by atoms with E-state index in [2.05, 4.69) is 11.9 Å². The molecule has 0 saturated carbocycles. The van der Waals surface area contributed by atoms with E-state index in [0.29, 0.717) is 12.0 Å². The molecule has 1 rings (SSSR count). The van der Waals surface area contributed by atoms with Crippen molar-refractivity contribution in [2.75, 3.05) is 7.11 Å². The Bertz CT molecular complexity index is 642. The molecule has 4 heteroatoms. The molecule has 0 N–H and O–H groups in total. The molecule has 1 heterocycles. The molecule has 0 amide bonds. The number of aromatic nitrogens is 1. The first-order valence-electron chi connectivity index (χ1n) is 10.5. The fraction of sp³-hybridized carbons (Fsp3) is 0.667. The summed E-state index contributed by atoms with van der Waals surface area (Å²) >= 11 is 0. The third kappa shape index (κ3) is 8.67. The van der Waals surface area contributed by atoms with Crippen LogP contribution >= 0.6 is 0 Å². The van der Waals surface area contributed by atoms with E-state index in [0.717, 1.165) is 19.3 Å². The summed E-state index contributed by atoms with van der Waals surface area (Å²) in [6.45, 7) is 2.23. The quantitative estimate of drug-likeness (QED) is 0.345. The Morgan fingerprint density at radius 2 is 1.68 bits per heavy atom. The molecule has 1 aromatic rings. The summed E-state index contributed by atoms with van der Waals surface area (Å²) in [6.07, 6.45) is 13.6. The largest absolute Gasteiger partial charge is 0.464 e. The maximum Gasteiger partial charge on any atom is 0.356 e. The maximum absolute atomic E-state index is 11.9. The lowest BCUT2D eigenvalue weighted by atomic mass is 10.0. The predicted octanol–water partition coefficient (Wildman–Crippen LogP) is 5.59. The minimum atomic E-state index is -0.653. The highest BCUT2D eigenvalue weighted by Crippen LogP contribution is 2.16. The molecule has 0 aromatic carbocycles. The van der Waals surface area contributed by atoms with Gasteiger partial charge in [-0.05, 0) is 24.4 Å². The van der Waals surface area contributed by atoms with Crippen molar-refractivity contribution in [2.24, 2.45) is 0 Å². The van der Waals surface area contributed by atoms with Gasteiger partial charge in [0.15, 0.2) is 5.69 Å². The van der Waals surface area contributed by atoms with E-state index in [4.69, 9.17) is 12.7 Å². The lowest BCUT2D eigenvalue weighted by molar-refractivity contribution is 0.0592. The molecule has 25 heavy (non-hydrogen) atoms. The molecule has 0 bridgehead atoms. The number of rotatable bonds is 13. The number of nitrogens with zero attached hydrogens (tertiary/aromatic N) is 2. The molecular formula is C21H32N2O2. The fourth-order valence-corrected chi connectivity index (χ4v) is 2.88. The zero-order chi connectivity index (χ0) is 20.1. The number of ether oxygens (including phenoxy) is 1. The average molecular weight is 347 g/mol. The minimum absolute atomic E-state index is 0.00132. The third-order valence-electron chi connectivity index (χ3n) is 4.36. The van der Waals surface area contributed by atoms with Crippen LogP contribution in [-0.2, 0) is 11.2 Å². The Hall–Kier alpha value is -1.89. The molecule has 4 nitrogen and oxygen atoms in total. The van der Waals surface area contributed by atoms with Crippen molar-refractivity contribution >= 4 is 5.97 Å². The van der Waals surface area contributed by atoms with Gasteiger partial charge in [0.25, 0.3) is 0 Å². The standard InChI is InChI=1S/C21H32N2O2/c1-3-4-5-6-7-8-9-10-11-12-13-14-19-15-18(16-22)17-23-20(19)21(24)25-2/h15,17H,3-14H2,1-2H3/i15D,17D.